The van der Waals surface area contributed by atoms with Gasteiger partial charge in [-0.2, -0.15) is 0 Å². The topological polar surface area (TPSA) is 17.0 Å². The third kappa shape index (κ3) is 5.51. The fourth-order valence-electron chi connectivity index (χ4n) is 3.60. The summed E-state index contributed by atoms with van der Waals surface area (Å²) in [5.41, 5.74) is 6.39. The Balaban J connectivity index is 0.00000132. The van der Waals surface area contributed by atoms with Gasteiger partial charge in [0.1, 0.15) is 0 Å². The summed E-state index contributed by atoms with van der Waals surface area (Å²) in [4.78, 5) is 1.23. The lowest BCUT2D eigenvalue weighted by molar-refractivity contribution is 0.597. The lowest BCUT2D eigenvalue weighted by atomic mass is 10.1. The molecule has 1 aliphatic rings. The highest BCUT2D eigenvalue weighted by molar-refractivity contribution is 7.98. The van der Waals surface area contributed by atoms with E-state index in [1.807, 2.05) is 13.8 Å². The van der Waals surface area contributed by atoms with Gasteiger partial charge in [-0.05, 0) is 74.0 Å². The summed E-state index contributed by atoms with van der Waals surface area (Å²) < 4.78 is 2.35. The largest absolute Gasteiger partial charge is 0.383 e. The number of rotatable bonds is 8. The lowest BCUT2D eigenvalue weighted by Gasteiger charge is -2.17. The smallest absolute Gasteiger partial charge is 0.0602 e. The molecule has 0 radical (unpaired) electrons. The maximum absolute atomic E-state index is 6.57. The van der Waals surface area contributed by atoms with Crippen LogP contribution in [0.25, 0.3) is 10.9 Å². The number of halogens is 1. The monoisotopic (exact) mass is 454 g/mol. The van der Waals surface area contributed by atoms with Gasteiger partial charge in [-0.15, -0.1) is 0 Å². The molecule has 3 aromatic rings. The molecule has 4 rings (SSSR count). The second-order valence-corrected chi connectivity index (χ2v) is 9.91. The number of hydrogen-bond acceptors (Lipinski definition) is 2. The molecule has 0 amide bonds. The van der Waals surface area contributed by atoms with E-state index in [1.165, 1.54) is 45.5 Å². The molecule has 166 valence electrons. The van der Waals surface area contributed by atoms with E-state index in [1.54, 1.807) is 11.9 Å². The van der Waals surface area contributed by atoms with E-state index < -0.39 is 0 Å². The van der Waals surface area contributed by atoms with Crippen molar-refractivity contribution in [3.05, 3.63) is 76.6 Å². The SMILES string of the molecule is C=C(NCc1cc2cc(Cl)c(CCC)cc2n1Sc1ccc(C)cc1)C1(C)CC1.CC. The minimum Gasteiger partial charge on any atom is -0.383 e. The molecule has 2 nitrogen and oxygen atoms in total. The van der Waals surface area contributed by atoms with Crippen molar-refractivity contribution in [3.63, 3.8) is 0 Å². The number of fused-ring (bicyclic) bond motifs is 1. The Labute approximate surface area is 197 Å². The zero-order valence-electron chi connectivity index (χ0n) is 19.5. The van der Waals surface area contributed by atoms with Crippen molar-refractivity contribution >= 4 is 34.5 Å². The number of hydrogen-bond donors (Lipinski definition) is 1. The Morgan fingerprint density at radius 2 is 1.84 bits per heavy atom. The normalized spacial score (nSPS) is 14.1. The standard InChI is InChI=1S/C25H29ClN2S.C2H6/c1-5-6-19-15-24-20(14-23(19)26)13-21(16-27-18(3)25(4)11-12-25)28(24)29-22-9-7-17(2)8-10-22;1-2/h7-10,13-15,27H,3,5-6,11-12,16H2,1-2,4H3;1-2H3. The average molecular weight is 455 g/mol. The highest BCUT2D eigenvalue weighted by Gasteiger charge is 2.40. The van der Waals surface area contributed by atoms with Gasteiger partial charge < -0.3 is 5.32 Å². The van der Waals surface area contributed by atoms with E-state index in [4.69, 9.17) is 11.6 Å². The molecular formula is C27H35ClN2S. The van der Waals surface area contributed by atoms with Crippen LogP contribution in [-0.4, -0.2) is 3.97 Å². The van der Waals surface area contributed by atoms with E-state index in [2.05, 4.69) is 79.1 Å². The molecule has 1 aliphatic carbocycles. The minimum absolute atomic E-state index is 0.276. The van der Waals surface area contributed by atoms with Crippen LogP contribution in [0.5, 0.6) is 0 Å². The van der Waals surface area contributed by atoms with E-state index in [0.29, 0.717) is 0 Å². The molecule has 0 unspecified atom stereocenters. The molecule has 0 saturated heterocycles. The van der Waals surface area contributed by atoms with Gasteiger partial charge in [0.2, 0.25) is 0 Å². The number of nitrogens with one attached hydrogen (secondary N) is 1. The van der Waals surface area contributed by atoms with Gasteiger partial charge in [0, 0.05) is 26.4 Å². The van der Waals surface area contributed by atoms with Gasteiger partial charge in [0.25, 0.3) is 0 Å². The Morgan fingerprint density at radius 1 is 1.16 bits per heavy atom. The predicted octanol–water partition coefficient (Wildman–Crippen LogP) is 8.54. The maximum Gasteiger partial charge on any atom is 0.0602 e. The highest BCUT2D eigenvalue weighted by Crippen LogP contribution is 2.49. The van der Waals surface area contributed by atoms with Crippen molar-refractivity contribution in [2.24, 2.45) is 5.41 Å². The number of nitrogens with zero attached hydrogens (tertiary/aromatic N) is 1. The first-order valence-corrected chi connectivity index (χ1v) is 12.6. The third-order valence-electron chi connectivity index (χ3n) is 5.95. The molecule has 1 N–H and O–H groups in total. The van der Waals surface area contributed by atoms with E-state index in [0.717, 1.165) is 30.1 Å². The summed E-state index contributed by atoms with van der Waals surface area (Å²) in [6, 6.07) is 15.4. The van der Waals surface area contributed by atoms with Crippen LogP contribution in [0.2, 0.25) is 5.02 Å². The Kier molecular flexibility index (Phi) is 7.82. The number of allylic oxidation sites excluding steroid dienone is 1. The fraction of sp³-hybridized carbons (Fsp3) is 0.407. The summed E-state index contributed by atoms with van der Waals surface area (Å²) in [6.45, 7) is 15.7. The number of benzene rings is 2. The van der Waals surface area contributed by atoms with Crippen molar-refractivity contribution in [2.75, 3.05) is 0 Å². The molecule has 0 spiro atoms. The van der Waals surface area contributed by atoms with Gasteiger partial charge in [-0.25, -0.2) is 0 Å². The average Bonchev–Trinajstić information content (AvgIpc) is 3.44. The maximum atomic E-state index is 6.57. The van der Waals surface area contributed by atoms with Crippen LogP contribution in [0, 0.1) is 12.3 Å². The number of aryl methyl sites for hydroxylation is 2. The van der Waals surface area contributed by atoms with Gasteiger partial charge in [0.15, 0.2) is 0 Å². The summed E-state index contributed by atoms with van der Waals surface area (Å²) in [5, 5.41) is 5.65. The van der Waals surface area contributed by atoms with E-state index in [9.17, 15) is 0 Å². The lowest BCUT2D eigenvalue weighted by Crippen LogP contribution is -2.19. The number of aromatic nitrogens is 1. The Morgan fingerprint density at radius 3 is 2.45 bits per heavy atom. The molecule has 0 aliphatic heterocycles. The first-order chi connectivity index (χ1) is 14.9. The summed E-state index contributed by atoms with van der Waals surface area (Å²) in [6.07, 6.45) is 4.55. The third-order valence-corrected chi connectivity index (χ3v) is 7.39. The van der Waals surface area contributed by atoms with Crippen LogP contribution >= 0.6 is 23.5 Å². The Bertz CT molecular complexity index is 1050. The van der Waals surface area contributed by atoms with Crippen molar-refractivity contribution in [1.29, 1.82) is 0 Å². The van der Waals surface area contributed by atoms with Crippen molar-refractivity contribution in [1.82, 2.24) is 9.29 Å². The van der Waals surface area contributed by atoms with Crippen molar-refractivity contribution in [2.45, 2.75) is 71.7 Å². The quantitative estimate of drug-likeness (QED) is 0.367. The van der Waals surface area contributed by atoms with E-state index >= 15 is 0 Å². The van der Waals surface area contributed by atoms with Crippen molar-refractivity contribution in [3.8, 4) is 0 Å². The van der Waals surface area contributed by atoms with Crippen LogP contribution in [0.4, 0.5) is 0 Å². The van der Waals surface area contributed by atoms with Crippen LogP contribution in [0.1, 0.15) is 63.8 Å². The molecule has 0 atom stereocenters. The minimum atomic E-state index is 0.276. The Hall–Kier alpha value is -1.84. The molecule has 4 heteroatoms. The first kappa shape index (κ1) is 23.8. The molecule has 0 bridgehead atoms. The molecule has 1 aromatic heterocycles. The molecule has 1 fully saturated rings. The second-order valence-electron chi connectivity index (χ2n) is 8.48. The van der Waals surface area contributed by atoms with Gasteiger partial charge in [-0.1, -0.05) is 70.0 Å². The zero-order valence-corrected chi connectivity index (χ0v) is 21.1. The summed E-state index contributed by atoms with van der Waals surface area (Å²) in [7, 11) is 0. The molecule has 1 saturated carbocycles. The predicted molar refractivity (Wildman–Crippen MR) is 138 cm³/mol. The van der Waals surface area contributed by atoms with Crippen LogP contribution in [0.15, 0.2) is 59.6 Å². The first-order valence-electron chi connectivity index (χ1n) is 11.4. The van der Waals surface area contributed by atoms with Gasteiger partial charge in [-0.3, -0.25) is 3.97 Å². The second kappa shape index (κ2) is 10.2. The van der Waals surface area contributed by atoms with E-state index in [-0.39, 0.29) is 5.41 Å². The highest BCUT2D eigenvalue weighted by atomic mass is 35.5. The van der Waals surface area contributed by atoms with Gasteiger partial charge >= 0.3 is 0 Å². The summed E-state index contributed by atoms with van der Waals surface area (Å²) in [5.74, 6) is 0. The van der Waals surface area contributed by atoms with Crippen LogP contribution in [0.3, 0.4) is 0 Å². The molecule has 1 heterocycles. The molecule has 2 aromatic carbocycles. The van der Waals surface area contributed by atoms with Crippen LogP contribution < -0.4 is 5.32 Å². The molecular weight excluding hydrogens is 420 g/mol. The van der Waals surface area contributed by atoms with Crippen molar-refractivity contribution < 1.29 is 0 Å². The molecule has 31 heavy (non-hydrogen) atoms. The summed E-state index contributed by atoms with van der Waals surface area (Å²) >= 11 is 8.34. The van der Waals surface area contributed by atoms with Crippen LogP contribution in [-0.2, 0) is 13.0 Å². The fourth-order valence-corrected chi connectivity index (χ4v) is 4.83. The van der Waals surface area contributed by atoms with Gasteiger partial charge in [0.05, 0.1) is 17.8 Å². The zero-order chi connectivity index (χ0) is 22.6.